The molecule has 2 atom stereocenters. The van der Waals surface area contributed by atoms with E-state index >= 15 is 0 Å². The monoisotopic (exact) mass is 305 g/mol. The molecule has 0 aromatic carbocycles. The van der Waals surface area contributed by atoms with Gasteiger partial charge in [-0.15, -0.1) is 0 Å². The number of likely N-dealkylation sites (tertiary alicyclic amines) is 1. The molecule has 2 aliphatic heterocycles. The Kier molecular flexibility index (Phi) is 5.21. The number of carbonyl (C=O) groups excluding carboxylic acids is 2. The summed E-state index contributed by atoms with van der Waals surface area (Å²) < 4.78 is 12.8. The maximum Gasteiger partial charge on any atom is 0.272 e. The van der Waals surface area contributed by atoms with Gasteiger partial charge in [-0.2, -0.15) is 0 Å². The fourth-order valence-corrected chi connectivity index (χ4v) is 2.96. The highest BCUT2D eigenvalue weighted by atomic mass is 35.5. The Labute approximate surface area is 123 Å². The first-order valence-electron chi connectivity index (χ1n) is 7.10. The fraction of sp³-hybridized carbons (Fsp3) is 0.846. The van der Waals surface area contributed by atoms with E-state index in [2.05, 4.69) is 0 Å². The second-order valence-electron chi connectivity index (χ2n) is 5.37. The molecule has 2 unspecified atom stereocenters. The average molecular weight is 306 g/mol. The molecule has 0 bridgehead atoms. The van der Waals surface area contributed by atoms with Gasteiger partial charge in [-0.3, -0.25) is 14.5 Å². The van der Waals surface area contributed by atoms with E-state index in [0.717, 1.165) is 25.9 Å². The van der Waals surface area contributed by atoms with Gasteiger partial charge in [0.15, 0.2) is 0 Å². The molecule has 0 aromatic heterocycles. The number of carbonyl (C=O) groups is 2. The Balaban J connectivity index is 1.83. The largest absolute Gasteiger partial charge is 0.341 e. The molecule has 2 saturated heterocycles. The van der Waals surface area contributed by atoms with Crippen LogP contribution in [0, 0.1) is 0 Å². The van der Waals surface area contributed by atoms with Gasteiger partial charge in [-0.25, -0.2) is 4.39 Å². The lowest BCUT2D eigenvalue weighted by atomic mass is 10.2. The summed E-state index contributed by atoms with van der Waals surface area (Å²) in [5, 5.41) is 0. The minimum absolute atomic E-state index is 0.156. The third-order valence-corrected chi connectivity index (χ3v) is 4.32. The molecule has 0 saturated carbocycles. The standard InChI is InChI=1S/C13H21ClFN3O2/c1-10(12(19)17-4-2-3-5-17)16-6-8-18(9-7-16)13(20)11(14)15/h10-11H,2-9H2,1H3. The van der Waals surface area contributed by atoms with Crippen LogP contribution < -0.4 is 0 Å². The molecule has 5 nitrogen and oxygen atoms in total. The van der Waals surface area contributed by atoms with Crippen LogP contribution in [0.25, 0.3) is 0 Å². The number of nitrogens with zero attached hydrogens (tertiary/aromatic N) is 3. The molecule has 0 spiro atoms. The van der Waals surface area contributed by atoms with Crippen LogP contribution in [0.5, 0.6) is 0 Å². The zero-order valence-corrected chi connectivity index (χ0v) is 12.5. The highest BCUT2D eigenvalue weighted by molar-refractivity contribution is 6.29. The lowest BCUT2D eigenvalue weighted by Gasteiger charge is -2.38. The molecule has 0 aromatic rings. The van der Waals surface area contributed by atoms with Crippen molar-refractivity contribution in [2.45, 2.75) is 31.4 Å². The van der Waals surface area contributed by atoms with Gasteiger partial charge in [0.2, 0.25) is 5.91 Å². The van der Waals surface area contributed by atoms with Gasteiger partial charge in [0, 0.05) is 39.3 Å². The first-order valence-corrected chi connectivity index (χ1v) is 7.54. The Hall–Kier alpha value is -0.880. The van der Waals surface area contributed by atoms with Crippen LogP contribution in [-0.2, 0) is 9.59 Å². The first kappa shape index (κ1) is 15.5. The maximum atomic E-state index is 12.8. The van der Waals surface area contributed by atoms with Crippen LogP contribution in [0.3, 0.4) is 0 Å². The Morgan fingerprint density at radius 2 is 1.45 bits per heavy atom. The topological polar surface area (TPSA) is 43.9 Å². The number of amides is 2. The number of alkyl halides is 2. The fourth-order valence-electron chi connectivity index (χ4n) is 2.83. The van der Waals surface area contributed by atoms with Gasteiger partial charge in [0.05, 0.1) is 6.04 Å². The van der Waals surface area contributed by atoms with Crippen LogP contribution in [0.4, 0.5) is 4.39 Å². The molecule has 0 aliphatic carbocycles. The second-order valence-corrected chi connectivity index (χ2v) is 5.75. The van der Waals surface area contributed by atoms with Gasteiger partial charge in [-0.1, -0.05) is 11.6 Å². The smallest absolute Gasteiger partial charge is 0.272 e. The Morgan fingerprint density at radius 1 is 0.950 bits per heavy atom. The number of rotatable bonds is 3. The summed E-state index contributed by atoms with van der Waals surface area (Å²) in [5.74, 6) is -0.521. The molecule has 2 fully saturated rings. The highest BCUT2D eigenvalue weighted by Crippen LogP contribution is 2.15. The Bertz CT molecular complexity index is 367. The highest BCUT2D eigenvalue weighted by Gasteiger charge is 2.32. The zero-order chi connectivity index (χ0) is 14.7. The molecular weight excluding hydrogens is 285 g/mol. The van der Waals surface area contributed by atoms with Gasteiger partial charge >= 0.3 is 0 Å². The van der Waals surface area contributed by atoms with Crippen molar-refractivity contribution in [3.8, 4) is 0 Å². The lowest BCUT2D eigenvalue weighted by Crippen LogP contribution is -2.55. The van der Waals surface area contributed by atoms with E-state index in [1.807, 2.05) is 16.7 Å². The van der Waals surface area contributed by atoms with Crippen molar-refractivity contribution in [2.75, 3.05) is 39.3 Å². The van der Waals surface area contributed by atoms with E-state index in [4.69, 9.17) is 11.6 Å². The third kappa shape index (κ3) is 3.41. The van der Waals surface area contributed by atoms with Crippen molar-refractivity contribution < 1.29 is 14.0 Å². The van der Waals surface area contributed by atoms with Crippen molar-refractivity contribution in [3.05, 3.63) is 0 Å². The van der Waals surface area contributed by atoms with Crippen LogP contribution in [0.2, 0.25) is 0 Å². The quantitative estimate of drug-likeness (QED) is 0.720. The van der Waals surface area contributed by atoms with Crippen molar-refractivity contribution in [1.29, 1.82) is 0 Å². The number of hydrogen-bond donors (Lipinski definition) is 0. The normalized spacial score (nSPS) is 23.8. The van der Waals surface area contributed by atoms with Gasteiger partial charge in [-0.05, 0) is 19.8 Å². The van der Waals surface area contributed by atoms with Crippen LogP contribution >= 0.6 is 11.6 Å². The molecule has 2 heterocycles. The third-order valence-electron chi connectivity index (χ3n) is 4.14. The number of piperazine rings is 1. The summed E-state index contributed by atoms with van der Waals surface area (Å²) in [7, 11) is 0. The summed E-state index contributed by atoms with van der Waals surface area (Å²) >= 11 is 5.16. The summed E-state index contributed by atoms with van der Waals surface area (Å²) in [5.41, 5.74) is -1.97. The minimum atomic E-state index is -1.97. The maximum absolute atomic E-state index is 12.8. The summed E-state index contributed by atoms with van der Waals surface area (Å²) in [4.78, 5) is 29.1. The van der Waals surface area contributed by atoms with Gasteiger partial charge in [0.25, 0.3) is 11.5 Å². The molecule has 20 heavy (non-hydrogen) atoms. The van der Waals surface area contributed by atoms with E-state index in [9.17, 15) is 14.0 Å². The molecule has 0 radical (unpaired) electrons. The molecule has 2 rings (SSSR count). The van der Waals surface area contributed by atoms with Crippen molar-refractivity contribution in [1.82, 2.24) is 14.7 Å². The lowest BCUT2D eigenvalue weighted by molar-refractivity contribution is -0.139. The molecule has 7 heteroatoms. The van der Waals surface area contributed by atoms with E-state index in [0.29, 0.717) is 26.2 Å². The van der Waals surface area contributed by atoms with E-state index in [1.165, 1.54) is 4.90 Å². The van der Waals surface area contributed by atoms with Crippen molar-refractivity contribution >= 4 is 23.4 Å². The molecule has 2 aliphatic rings. The van der Waals surface area contributed by atoms with Gasteiger partial charge < -0.3 is 9.80 Å². The van der Waals surface area contributed by atoms with E-state index in [1.54, 1.807) is 0 Å². The van der Waals surface area contributed by atoms with E-state index in [-0.39, 0.29) is 11.9 Å². The predicted octanol–water partition coefficient (Wildman–Crippen LogP) is 0.676. The summed E-state index contributed by atoms with van der Waals surface area (Å²) in [6.07, 6.45) is 2.16. The van der Waals surface area contributed by atoms with Crippen LogP contribution in [0.1, 0.15) is 19.8 Å². The minimum Gasteiger partial charge on any atom is -0.341 e. The Morgan fingerprint density at radius 3 is 1.95 bits per heavy atom. The predicted molar refractivity (Wildman–Crippen MR) is 74.2 cm³/mol. The SMILES string of the molecule is CC(C(=O)N1CCCC1)N1CCN(C(=O)C(F)Cl)CC1. The molecule has 0 N–H and O–H groups in total. The van der Waals surface area contributed by atoms with Crippen LogP contribution in [-0.4, -0.2) is 77.5 Å². The molecule has 114 valence electrons. The summed E-state index contributed by atoms with van der Waals surface area (Å²) in [6.45, 7) is 5.59. The van der Waals surface area contributed by atoms with Crippen LogP contribution in [0.15, 0.2) is 0 Å². The molecule has 2 amide bonds. The second kappa shape index (κ2) is 6.72. The summed E-state index contributed by atoms with van der Waals surface area (Å²) in [6, 6.07) is -0.178. The number of hydrogen-bond acceptors (Lipinski definition) is 3. The average Bonchev–Trinajstić information content (AvgIpc) is 2.99. The van der Waals surface area contributed by atoms with Crippen molar-refractivity contribution in [2.24, 2.45) is 0 Å². The first-order chi connectivity index (χ1) is 9.50. The number of halogens is 2. The van der Waals surface area contributed by atoms with E-state index < -0.39 is 11.5 Å². The molecular formula is C13H21ClFN3O2. The van der Waals surface area contributed by atoms with Crippen molar-refractivity contribution in [3.63, 3.8) is 0 Å². The van der Waals surface area contributed by atoms with Gasteiger partial charge in [0.1, 0.15) is 0 Å². The zero-order valence-electron chi connectivity index (χ0n) is 11.7.